The number of aliphatic carboxylic acids is 1. The number of carboxylic acid groups (broad SMARTS) is 1. The van der Waals surface area contributed by atoms with Gasteiger partial charge in [-0.1, -0.05) is 39.3 Å². The minimum Gasteiger partial charge on any atom is -0.481 e. The Balaban J connectivity index is 1.91. The van der Waals surface area contributed by atoms with Crippen molar-refractivity contribution in [2.45, 2.75) is 77.5 Å². The average molecular weight is 633 g/mol. The highest BCUT2D eigenvalue weighted by atomic mass is 19.1. The molecule has 4 rings (SSSR count). The zero-order valence-corrected chi connectivity index (χ0v) is 26.5. The number of aliphatic hydroxyl groups excluding tert-OH is 2. The number of carbonyl (C=O) groups is 2. The second-order valence-corrected chi connectivity index (χ2v) is 11.6. The van der Waals surface area contributed by atoms with Crippen molar-refractivity contribution < 1.29 is 34.0 Å². The number of rotatable bonds is 15. The molecular weight excluding hydrogens is 591 g/mol. The summed E-state index contributed by atoms with van der Waals surface area (Å²) >= 11 is 0. The van der Waals surface area contributed by atoms with Crippen LogP contribution in [0.5, 0.6) is 6.01 Å². The largest absolute Gasteiger partial charge is 0.481 e. The fourth-order valence-electron chi connectivity index (χ4n) is 5.67. The maximum Gasteiger partial charge on any atom is 0.316 e. The monoisotopic (exact) mass is 632 g/mol. The number of ether oxygens (including phenoxy) is 1. The topological polar surface area (TPSA) is 147 Å². The number of hydrogen-bond acceptors (Lipinski definition) is 7. The molecule has 0 unspecified atom stereocenters. The number of hydrogen-bond donors (Lipinski definition) is 4. The Morgan fingerprint density at radius 3 is 2.33 bits per heavy atom. The molecule has 4 aromatic rings. The first-order chi connectivity index (χ1) is 22.0. The number of methoxy groups -OCH3 is 1. The number of anilines is 1. The van der Waals surface area contributed by atoms with Gasteiger partial charge in [0.25, 0.3) is 5.91 Å². The molecular formula is C35H41FN4O6. The Kier molecular flexibility index (Phi) is 11.6. The molecule has 1 amide bonds. The molecule has 0 aliphatic heterocycles. The molecule has 0 aliphatic carbocycles. The van der Waals surface area contributed by atoms with Gasteiger partial charge in [0.2, 0.25) is 0 Å². The lowest BCUT2D eigenvalue weighted by atomic mass is 9.97. The molecule has 0 spiro atoms. The first-order valence-electron chi connectivity index (χ1n) is 15.4. The van der Waals surface area contributed by atoms with Crippen LogP contribution in [0.15, 0.2) is 60.8 Å². The second-order valence-electron chi connectivity index (χ2n) is 11.6. The van der Waals surface area contributed by atoms with Gasteiger partial charge in [-0.25, -0.2) is 9.37 Å². The fraction of sp³-hybridized carbons (Fsp3) is 0.371. The van der Waals surface area contributed by atoms with Crippen LogP contribution in [0, 0.1) is 5.82 Å². The summed E-state index contributed by atoms with van der Waals surface area (Å²) in [6.07, 6.45) is 0.744. The number of carbonyl (C=O) groups excluding carboxylic acids is 1. The molecule has 0 bridgehead atoms. The lowest BCUT2D eigenvalue weighted by Gasteiger charge is -2.20. The van der Waals surface area contributed by atoms with E-state index in [4.69, 9.17) is 9.84 Å². The molecule has 4 N–H and O–H groups in total. The van der Waals surface area contributed by atoms with Crippen LogP contribution in [0.1, 0.15) is 74.0 Å². The summed E-state index contributed by atoms with van der Waals surface area (Å²) in [5.41, 5.74) is 4.87. The molecule has 0 saturated heterocycles. The van der Waals surface area contributed by atoms with Gasteiger partial charge >= 0.3 is 12.0 Å². The van der Waals surface area contributed by atoms with Gasteiger partial charge in [0.15, 0.2) is 0 Å². The van der Waals surface area contributed by atoms with E-state index in [-0.39, 0.29) is 37.2 Å². The molecule has 2 aromatic carbocycles. The molecule has 2 atom stereocenters. The standard InChI is InChI=1S/C35H41FN4O6/c1-5-6-22-7-13-25(14-8-22)38-34(45)31-30(28-15-17-37-35(39-28)46-4)33(23-9-11-24(36)12-10-23)40(32(31)21(2)3)18-16-26(41)19-27(42)20-29(43)44/h7-15,17,21,26-27,41-42H,5-6,16,18-20H2,1-4H3,(H,38,45)(H,43,44)/t26-,27-/m1/s1. The number of nitrogens with zero attached hydrogens (tertiary/aromatic N) is 3. The van der Waals surface area contributed by atoms with Gasteiger partial charge in [-0.05, 0) is 78.8 Å². The molecule has 2 aromatic heterocycles. The number of carboxylic acids is 1. The quantitative estimate of drug-likeness (QED) is 0.124. The summed E-state index contributed by atoms with van der Waals surface area (Å²) in [7, 11) is 1.45. The van der Waals surface area contributed by atoms with Crippen LogP contribution in [0.4, 0.5) is 10.1 Å². The molecule has 11 heteroatoms. The van der Waals surface area contributed by atoms with Crippen LogP contribution < -0.4 is 10.1 Å². The van der Waals surface area contributed by atoms with Gasteiger partial charge < -0.3 is 29.9 Å². The smallest absolute Gasteiger partial charge is 0.316 e. The van der Waals surface area contributed by atoms with Crippen molar-refractivity contribution in [2.24, 2.45) is 0 Å². The zero-order chi connectivity index (χ0) is 33.4. The number of amides is 1. The van der Waals surface area contributed by atoms with Gasteiger partial charge in [-0.15, -0.1) is 0 Å². The zero-order valence-electron chi connectivity index (χ0n) is 26.5. The van der Waals surface area contributed by atoms with E-state index in [0.29, 0.717) is 39.5 Å². The lowest BCUT2D eigenvalue weighted by Crippen LogP contribution is -2.22. The number of nitrogens with one attached hydrogen (secondary N) is 1. The summed E-state index contributed by atoms with van der Waals surface area (Å²) in [5.74, 6) is -2.16. The summed E-state index contributed by atoms with van der Waals surface area (Å²) < 4.78 is 21.4. The SMILES string of the molecule is CCCc1ccc(NC(=O)c2c(-c3ccnc(OC)n3)c(-c3ccc(F)cc3)n(CC[C@@H](O)C[C@@H](O)CC(=O)O)c2C(C)C)cc1. The van der Waals surface area contributed by atoms with E-state index in [2.05, 4.69) is 22.2 Å². The van der Waals surface area contributed by atoms with E-state index in [0.717, 1.165) is 18.4 Å². The van der Waals surface area contributed by atoms with Gasteiger partial charge in [0.05, 0.1) is 42.7 Å². The van der Waals surface area contributed by atoms with E-state index >= 15 is 0 Å². The highest BCUT2D eigenvalue weighted by Crippen LogP contribution is 2.42. The van der Waals surface area contributed by atoms with Crippen LogP contribution in [0.2, 0.25) is 0 Å². The number of aryl methyl sites for hydroxylation is 1. The summed E-state index contributed by atoms with van der Waals surface area (Å²) in [6, 6.07) is 15.4. The fourth-order valence-corrected chi connectivity index (χ4v) is 5.67. The number of halogens is 1. The summed E-state index contributed by atoms with van der Waals surface area (Å²) in [5, 5.41) is 33.0. The highest BCUT2D eigenvalue weighted by molar-refractivity contribution is 6.12. The van der Waals surface area contributed by atoms with E-state index in [1.165, 1.54) is 25.4 Å². The van der Waals surface area contributed by atoms with Crippen molar-refractivity contribution in [2.75, 3.05) is 12.4 Å². The molecule has 0 aliphatic rings. The van der Waals surface area contributed by atoms with Gasteiger partial charge in [0.1, 0.15) is 5.82 Å². The third-order valence-electron chi connectivity index (χ3n) is 7.66. The maximum absolute atomic E-state index is 14.3. The molecule has 244 valence electrons. The van der Waals surface area contributed by atoms with Crippen LogP contribution in [-0.4, -0.2) is 61.0 Å². The van der Waals surface area contributed by atoms with Gasteiger partial charge in [-0.2, -0.15) is 4.98 Å². The minimum atomic E-state index is -1.22. The minimum absolute atomic E-state index is 0.0992. The summed E-state index contributed by atoms with van der Waals surface area (Å²) in [4.78, 5) is 34.1. The average Bonchev–Trinajstić information content (AvgIpc) is 3.36. The Hall–Kier alpha value is -4.61. The first-order valence-corrected chi connectivity index (χ1v) is 15.4. The Bertz CT molecular complexity index is 1640. The predicted molar refractivity (Wildman–Crippen MR) is 173 cm³/mol. The maximum atomic E-state index is 14.3. The Labute approximate surface area is 267 Å². The molecule has 0 radical (unpaired) electrons. The number of aromatic nitrogens is 3. The molecule has 10 nitrogen and oxygen atoms in total. The highest BCUT2D eigenvalue weighted by Gasteiger charge is 2.32. The Morgan fingerprint density at radius 1 is 1.02 bits per heavy atom. The van der Waals surface area contributed by atoms with E-state index in [1.807, 2.05) is 42.7 Å². The third-order valence-corrected chi connectivity index (χ3v) is 7.66. The van der Waals surface area contributed by atoms with Crippen LogP contribution in [-0.2, 0) is 17.8 Å². The molecule has 0 fully saturated rings. The first kappa shape index (κ1) is 34.3. The summed E-state index contributed by atoms with van der Waals surface area (Å²) in [6.45, 7) is 6.21. The molecule has 2 heterocycles. The van der Waals surface area contributed by atoms with Crippen molar-refractivity contribution in [1.29, 1.82) is 0 Å². The van der Waals surface area contributed by atoms with Crippen molar-refractivity contribution in [3.63, 3.8) is 0 Å². The molecule has 46 heavy (non-hydrogen) atoms. The number of benzene rings is 2. The van der Waals surface area contributed by atoms with Gasteiger partial charge in [0, 0.05) is 29.7 Å². The lowest BCUT2D eigenvalue weighted by molar-refractivity contribution is -0.139. The van der Waals surface area contributed by atoms with Crippen LogP contribution >= 0.6 is 0 Å². The predicted octanol–water partition coefficient (Wildman–Crippen LogP) is 6.06. The molecule has 0 saturated carbocycles. The number of aliphatic hydroxyl groups is 2. The van der Waals surface area contributed by atoms with Crippen LogP contribution in [0.3, 0.4) is 0 Å². The van der Waals surface area contributed by atoms with E-state index in [1.54, 1.807) is 18.2 Å². The van der Waals surface area contributed by atoms with Crippen molar-refractivity contribution in [3.05, 3.63) is 83.4 Å². The van der Waals surface area contributed by atoms with Gasteiger partial charge in [-0.3, -0.25) is 9.59 Å². The Morgan fingerprint density at radius 2 is 1.72 bits per heavy atom. The van der Waals surface area contributed by atoms with Crippen LogP contribution in [0.25, 0.3) is 22.5 Å². The van der Waals surface area contributed by atoms with Crippen molar-refractivity contribution in [1.82, 2.24) is 14.5 Å². The van der Waals surface area contributed by atoms with E-state index < -0.39 is 30.4 Å². The van der Waals surface area contributed by atoms with Crippen molar-refractivity contribution >= 4 is 17.6 Å². The van der Waals surface area contributed by atoms with E-state index in [9.17, 15) is 24.2 Å². The van der Waals surface area contributed by atoms with Crippen molar-refractivity contribution in [3.8, 4) is 28.5 Å². The second kappa shape index (κ2) is 15.6. The normalized spacial score (nSPS) is 12.6. The third kappa shape index (κ3) is 8.35.